The van der Waals surface area contributed by atoms with Crippen molar-refractivity contribution >= 4 is 54.0 Å². The number of carbonyl (C=O) groups excluding carboxylic acids is 1. The van der Waals surface area contributed by atoms with E-state index in [1.54, 1.807) is 17.7 Å². The second kappa shape index (κ2) is 6.22. The summed E-state index contributed by atoms with van der Waals surface area (Å²) in [5.41, 5.74) is 1.25. The Morgan fingerprint density at radius 2 is 2.00 bits per heavy atom. The van der Waals surface area contributed by atoms with E-state index in [4.69, 9.17) is 9.79 Å². The quantitative estimate of drug-likeness (QED) is 0.572. The van der Waals surface area contributed by atoms with Crippen LogP contribution in [-0.2, 0) is 11.6 Å². The molecule has 0 unspecified atom stereocenters. The Hall–Kier alpha value is -0.620. The van der Waals surface area contributed by atoms with Crippen LogP contribution in [0.25, 0.3) is 10.9 Å². The summed E-state index contributed by atoms with van der Waals surface area (Å²) >= 11 is 0. The number of hydrogen-bond acceptors (Lipinski definition) is 2. The first-order valence-electron chi connectivity index (χ1n) is 5.26. The van der Waals surface area contributed by atoms with Crippen LogP contribution in [0.3, 0.4) is 0 Å². The van der Waals surface area contributed by atoms with Gasteiger partial charge >= 0.3 is 7.60 Å². The molecule has 1 heterocycles. The van der Waals surface area contributed by atoms with Crippen LogP contribution in [-0.4, -0.2) is 56.1 Å². The number of amides is 1. The third-order valence-corrected chi connectivity index (χ3v) is 3.20. The maximum absolute atomic E-state index is 11.8. The van der Waals surface area contributed by atoms with Gasteiger partial charge in [-0.3, -0.25) is 9.36 Å². The van der Waals surface area contributed by atoms with E-state index >= 15 is 0 Å². The van der Waals surface area contributed by atoms with Crippen LogP contribution in [0.4, 0.5) is 0 Å². The van der Waals surface area contributed by atoms with Crippen molar-refractivity contribution in [2.45, 2.75) is 0 Å². The van der Waals surface area contributed by atoms with Crippen molar-refractivity contribution in [2.75, 3.05) is 6.29 Å². The number of aromatic nitrogens is 1. The van der Waals surface area contributed by atoms with Crippen LogP contribution < -0.4 is 5.32 Å². The monoisotopic (exact) mass is 291 g/mol. The number of carbonyl (C=O) groups is 1. The van der Waals surface area contributed by atoms with Crippen LogP contribution in [0.5, 0.6) is 0 Å². The number of aryl methyl sites for hydroxylation is 1. The second-order valence-electron chi connectivity index (χ2n) is 3.98. The van der Waals surface area contributed by atoms with Crippen LogP contribution >= 0.6 is 7.60 Å². The Balaban J connectivity index is 0.00000180. The molecule has 0 atom stereocenters. The number of benzene rings is 1. The molecule has 0 saturated heterocycles. The summed E-state index contributed by atoms with van der Waals surface area (Å²) < 4.78 is 12.4. The van der Waals surface area contributed by atoms with Gasteiger partial charge in [0.1, 0.15) is 12.0 Å². The van der Waals surface area contributed by atoms with Crippen LogP contribution in [0, 0.1) is 0 Å². The molecule has 0 spiro atoms. The first kappa shape index (κ1) is 16.4. The molecule has 0 aliphatic heterocycles. The van der Waals surface area contributed by atoms with Crippen molar-refractivity contribution in [2.24, 2.45) is 7.05 Å². The molecular formula is C11H13N2NaO4P. The van der Waals surface area contributed by atoms with E-state index in [0.717, 1.165) is 10.9 Å². The van der Waals surface area contributed by atoms with E-state index in [1.165, 1.54) is 0 Å². The predicted molar refractivity (Wildman–Crippen MR) is 73.1 cm³/mol. The molecule has 0 bridgehead atoms. The van der Waals surface area contributed by atoms with Crippen molar-refractivity contribution in [1.29, 1.82) is 0 Å². The number of hydrogen-bond donors (Lipinski definition) is 3. The molecule has 3 N–H and O–H groups in total. The van der Waals surface area contributed by atoms with E-state index in [1.807, 2.05) is 24.3 Å². The third kappa shape index (κ3) is 3.92. The van der Waals surface area contributed by atoms with Gasteiger partial charge in [0.15, 0.2) is 0 Å². The summed E-state index contributed by atoms with van der Waals surface area (Å²) in [5, 5.41) is 3.12. The molecule has 1 aromatic heterocycles. The summed E-state index contributed by atoms with van der Waals surface area (Å²) in [6.45, 7) is 0. The van der Waals surface area contributed by atoms with Gasteiger partial charge in [-0.05, 0) is 12.1 Å². The Bertz CT molecular complexity index is 649. The van der Waals surface area contributed by atoms with Crippen LogP contribution in [0.1, 0.15) is 10.5 Å². The van der Waals surface area contributed by atoms with E-state index in [0.29, 0.717) is 5.69 Å². The molecule has 2 aromatic rings. The largest absolute Gasteiger partial charge is 0.344 e. The molecule has 19 heavy (non-hydrogen) atoms. The fourth-order valence-electron chi connectivity index (χ4n) is 1.77. The average Bonchev–Trinajstić information content (AvgIpc) is 2.64. The second-order valence-corrected chi connectivity index (χ2v) is 5.62. The first-order valence-corrected chi connectivity index (χ1v) is 7.05. The molecule has 97 valence electrons. The van der Waals surface area contributed by atoms with Gasteiger partial charge in [0.25, 0.3) is 5.91 Å². The predicted octanol–water partition coefficient (Wildman–Crippen LogP) is 0.662. The van der Waals surface area contributed by atoms with E-state index in [9.17, 15) is 9.36 Å². The standard InChI is InChI=1S/C11H13N2O4P.Na/c1-13-9-5-3-2-4-8(9)6-10(13)11(14)12-7-18(15,16)17;/h2-6H,7H2,1H3,(H,12,14)(H2,15,16,17);. The minimum Gasteiger partial charge on any atom is -0.340 e. The molecular weight excluding hydrogens is 278 g/mol. The van der Waals surface area contributed by atoms with E-state index < -0.39 is 19.8 Å². The third-order valence-electron chi connectivity index (χ3n) is 2.63. The topological polar surface area (TPSA) is 91.6 Å². The molecule has 0 aliphatic carbocycles. The number of nitrogens with zero attached hydrogens (tertiary/aromatic N) is 1. The molecule has 0 saturated carbocycles. The van der Waals surface area contributed by atoms with Crippen LogP contribution in [0.15, 0.2) is 30.3 Å². The van der Waals surface area contributed by atoms with Gasteiger partial charge in [0.2, 0.25) is 0 Å². The van der Waals surface area contributed by atoms with Crippen molar-refractivity contribution in [1.82, 2.24) is 9.88 Å². The van der Waals surface area contributed by atoms with Gasteiger partial charge in [0, 0.05) is 47.5 Å². The van der Waals surface area contributed by atoms with Crippen molar-refractivity contribution in [3.05, 3.63) is 36.0 Å². The normalized spacial score (nSPS) is 11.1. The molecule has 0 fully saturated rings. The number of para-hydroxylation sites is 1. The van der Waals surface area contributed by atoms with Gasteiger partial charge in [-0.2, -0.15) is 0 Å². The van der Waals surface area contributed by atoms with Crippen molar-refractivity contribution in [3.8, 4) is 0 Å². The van der Waals surface area contributed by atoms with E-state index in [2.05, 4.69) is 5.32 Å². The minimum atomic E-state index is -4.23. The molecule has 1 amide bonds. The molecule has 8 heteroatoms. The zero-order chi connectivity index (χ0) is 13.3. The summed E-state index contributed by atoms with van der Waals surface area (Å²) in [4.78, 5) is 29.2. The molecule has 1 aromatic carbocycles. The van der Waals surface area contributed by atoms with Gasteiger partial charge in [-0.1, -0.05) is 18.2 Å². The maximum Gasteiger partial charge on any atom is 0.344 e. The maximum atomic E-state index is 11.8. The number of nitrogens with one attached hydrogen (secondary N) is 1. The molecule has 2 rings (SSSR count). The SMILES string of the molecule is Cn1c(C(=O)NCP(=O)(O)O)cc2ccccc21.[Na]. The molecule has 1 radical (unpaired) electrons. The van der Waals surface area contributed by atoms with Gasteiger partial charge < -0.3 is 19.7 Å². The van der Waals surface area contributed by atoms with Gasteiger partial charge in [-0.25, -0.2) is 0 Å². The number of fused-ring (bicyclic) bond motifs is 1. The summed E-state index contributed by atoms with van der Waals surface area (Å²) in [6, 6.07) is 9.15. The zero-order valence-corrected chi connectivity index (χ0v) is 13.6. The Labute approximate surface area is 132 Å². The van der Waals surface area contributed by atoms with Gasteiger partial charge in [0.05, 0.1) is 0 Å². The fraction of sp³-hybridized carbons (Fsp3) is 0.182. The fourth-order valence-corrected chi connectivity index (χ4v) is 2.12. The van der Waals surface area contributed by atoms with Crippen molar-refractivity contribution in [3.63, 3.8) is 0 Å². The Morgan fingerprint density at radius 1 is 1.37 bits per heavy atom. The van der Waals surface area contributed by atoms with E-state index in [-0.39, 0.29) is 29.6 Å². The smallest absolute Gasteiger partial charge is 0.340 e. The average molecular weight is 291 g/mol. The molecule has 0 aliphatic rings. The van der Waals surface area contributed by atoms with Gasteiger partial charge in [-0.15, -0.1) is 0 Å². The first-order chi connectivity index (χ1) is 8.38. The summed E-state index contributed by atoms with van der Waals surface area (Å²) in [6.07, 6.45) is -0.659. The Kier molecular flexibility index (Phi) is 5.38. The molecule has 6 nitrogen and oxygen atoms in total. The van der Waals surface area contributed by atoms with Crippen LogP contribution in [0.2, 0.25) is 0 Å². The minimum absolute atomic E-state index is 0. The van der Waals surface area contributed by atoms with Crippen molar-refractivity contribution < 1.29 is 19.1 Å². The summed E-state index contributed by atoms with van der Waals surface area (Å²) in [7, 11) is -2.50. The number of rotatable bonds is 3. The Morgan fingerprint density at radius 3 is 2.58 bits per heavy atom. The summed E-state index contributed by atoms with van der Waals surface area (Å²) in [5.74, 6) is -0.503. The zero-order valence-electron chi connectivity index (χ0n) is 10.7.